The third-order valence-electron chi connectivity index (χ3n) is 5.87. The molecular weight excluding hydrogens is 476 g/mol. The highest BCUT2D eigenvalue weighted by atomic mass is 16.6. The molecule has 1 heterocycles. The summed E-state index contributed by atoms with van der Waals surface area (Å²) < 4.78 is 13.6. The number of esters is 1. The van der Waals surface area contributed by atoms with Gasteiger partial charge in [0.1, 0.15) is 18.3 Å². The van der Waals surface area contributed by atoms with E-state index >= 15 is 0 Å². The molecule has 10 heteroatoms. The summed E-state index contributed by atoms with van der Waals surface area (Å²) in [6.07, 6.45) is -2.00. The summed E-state index contributed by atoms with van der Waals surface area (Å²) in [6.45, 7) is 6.60. The minimum Gasteiger partial charge on any atom is -0.451 e. The maximum absolute atomic E-state index is 13.0. The number of anilines is 1. The van der Waals surface area contributed by atoms with Crippen LogP contribution in [0.15, 0.2) is 65.5 Å². The van der Waals surface area contributed by atoms with Gasteiger partial charge in [-0.3, -0.25) is 14.3 Å². The van der Waals surface area contributed by atoms with Crippen LogP contribution in [0.4, 0.5) is 10.5 Å². The van der Waals surface area contributed by atoms with Crippen molar-refractivity contribution in [1.29, 1.82) is 0 Å². The molecule has 2 atom stereocenters. The molecule has 0 bridgehead atoms. The lowest BCUT2D eigenvalue weighted by atomic mass is 10.1. The highest BCUT2D eigenvalue weighted by molar-refractivity contribution is 5.96. The number of amides is 2. The Labute approximate surface area is 215 Å². The first-order valence-corrected chi connectivity index (χ1v) is 11.9. The molecule has 0 aliphatic heterocycles. The molecule has 0 aliphatic carbocycles. The number of rotatable bonds is 9. The standard InChI is InChI=1S/C27H32N4O6/c1-17(2)22(29-27(35)36-16-20-12-8-6-9-13-20)26(34)37-19(4)24(32)28-23-18(3)30(5)31(25(23)33)21-14-10-7-11-15-21/h6-15,17,19,22H,16H2,1-5H3,(H,28,32)(H,29,35)/t19-,22-/m1/s1. The molecule has 0 radical (unpaired) electrons. The smallest absolute Gasteiger partial charge is 0.408 e. The van der Waals surface area contributed by atoms with Crippen LogP contribution in [-0.2, 0) is 32.7 Å². The Kier molecular flexibility index (Phi) is 8.89. The first-order chi connectivity index (χ1) is 17.6. The second-order valence-corrected chi connectivity index (χ2v) is 8.93. The Bertz CT molecular complexity index is 1300. The van der Waals surface area contributed by atoms with Crippen molar-refractivity contribution >= 4 is 23.7 Å². The minimum absolute atomic E-state index is 0.0439. The van der Waals surface area contributed by atoms with Crippen LogP contribution < -0.4 is 16.2 Å². The molecule has 0 unspecified atom stereocenters. The lowest BCUT2D eigenvalue weighted by Gasteiger charge is -2.22. The SMILES string of the molecule is Cc1c(NC(=O)[C@@H](C)OC(=O)[C@H](NC(=O)OCc2ccccc2)C(C)C)c(=O)n(-c2ccccc2)n1C. The second kappa shape index (κ2) is 12.1. The topological polar surface area (TPSA) is 121 Å². The number of nitrogens with zero attached hydrogens (tertiary/aromatic N) is 2. The normalized spacial score (nSPS) is 12.5. The largest absolute Gasteiger partial charge is 0.451 e. The summed E-state index contributed by atoms with van der Waals surface area (Å²) in [5.41, 5.74) is 1.64. The average Bonchev–Trinajstić information content (AvgIpc) is 3.09. The molecule has 2 aromatic carbocycles. The molecule has 196 valence electrons. The van der Waals surface area contributed by atoms with Gasteiger partial charge in [-0.15, -0.1) is 0 Å². The number of benzene rings is 2. The third-order valence-corrected chi connectivity index (χ3v) is 5.87. The van der Waals surface area contributed by atoms with E-state index in [1.807, 2.05) is 36.4 Å². The summed E-state index contributed by atoms with van der Waals surface area (Å²) in [4.78, 5) is 50.9. The van der Waals surface area contributed by atoms with Crippen LogP contribution >= 0.6 is 0 Å². The molecule has 10 nitrogen and oxygen atoms in total. The average molecular weight is 509 g/mol. The molecule has 37 heavy (non-hydrogen) atoms. The molecule has 3 rings (SSSR count). The lowest BCUT2D eigenvalue weighted by molar-refractivity contribution is -0.156. The number of aromatic nitrogens is 2. The molecular formula is C27H32N4O6. The number of ether oxygens (including phenoxy) is 2. The van der Waals surface area contributed by atoms with Crippen molar-refractivity contribution in [2.75, 3.05) is 5.32 Å². The van der Waals surface area contributed by atoms with E-state index in [0.29, 0.717) is 11.4 Å². The van der Waals surface area contributed by atoms with Gasteiger partial charge in [-0.25, -0.2) is 14.3 Å². The van der Waals surface area contributed by atoms with E-state index in [9.17, 15) is 19.2 Å². The van der Waals surface area contributed by atoms with Gasteiger partial charge in [0.05, 0.1) is 11.4 Å². The van der Waals surface area contributed by atoms with E-state index in [-0.39, 0.29) is 18.2 Å². The number of para-hydroxylation sites is 1. The highest BCUT2D eigenvalue weighted by Gasteiger charge is 2.30. The lowest BCUT2D eigenvalue weighted by Crippen LogP contribution is -2.47. The van der Waals surface area contributed by atoms with E-state index in [1.165, 1.54) is 11.6 Å². The van der Waals surface area contributed by atoms with Gasteiger partial charge in [0.2, 0.25) is 0 Å². The summed E-state index contributed by atoms with van der Waals surface area (Å²) in [6, 6.07) is 17.1. The van der Waals surface area contributed by atoms with Gasteiger partial charge in [0.25, 0.3) is 11.5 Å². The predicted octanol–water partition coefficient (Wildman–Crippen LogP) is 3.31. The van der Waals surface area contributed by atoms with Crippen LogP contribution in [-0.4, -0.2) is 39.5 Å². The first kappa shape index (κ1) is 27.3. The molecule has 1 aromatic heterocycles. The summed E-state index contributed by atoms with van der Waals surface area (Å²) in [5, 5.41) is 5.08. The van der Waals surface area contributed by atoms with Gasteiger partial charge in [-0.1, -0.05) is 62.4 Å². The van der Waals surface area contributed by atoms with Gasteiger partial charge < -0.3 is 20.1 Å². The van der Waals surface area contributed by atoms with Crippen molar-refractivity contribution in [2.24, 2.45) is 13.0 Å². The molecule has 0 spiro atoms. The fraction of sp³-hybridized carbons (Fsp3) is 0.333. The van der Waals surface area contributed by atoms with Crippen molar-refractivity contribution in [3.8, 4) is 5.69 Å². The third kappa shape index (κ3) is 6.66. The Hall–Kier alpha value is -4.34. The van der Waals surface area contributed by atoms with Crippen molar-refractivity contribution in [3.63, 3.8) is 0 Å². The van der Waals surface area contributed by atoms with Crippen LogP contribution in [0.2, 0.25) is 0 Å². The van der Waals surface area contributed by atoms with Gasteiger partial charge >= 0.3 is 12.1 Å². The molecule has 0 aliphatic rings. The Morgan fingerprint density at radius 1 is 0.946 bits per heavy atom. The molecule has 3 aromatic rings. The van der Waals surface area contributed by atoms with E-state index in [0.717, 1.165) is 5.56 Å². The monoisotopic (exact) mass is 508 g/mol. The number of hydrogen-bond acceptors (Lipinski definition) is 6. The molecule has 0 fully saturated rings. The quantitative estimate of drug-likeness (QED) is 0.428. The Balaban J connectivity index is 1.63. The molecule has 0 saturated heterocycles. The molecule has 0 saturated carbocycles. The van der Waals surface area contributed by atoms with Crippen molar-refractivity contribution in [2.45, 2.75) is 46.4 Å². The number of carbonyl (C=O) groups is 3. The Morgan fingerprint density at radius 3 is 2.14 bits per heavy atom. The summed E-state index contributed by atoms with van der Waals surface area (Å²) in [5.74, 6) is -1.80. The maximum atomic E-state index is 13.0. The maximum Gasteiger partial charge on any atom is 0.408 e. The predicted molar refractivity (Wildman–Crippen MR) is 138 cm³/mol. The minimum atomic E-state index is -1.22. The van der Waals surface area contributed by atoms with Crippen LogP contribution in [0.25, 0.3) is 5.69 Å². The summed E-state index contributed by atoms with van der Waals surface area (Å²) >= 11 is 0. The van der Waals surface area contributed by atoms with Gasteiger partial charge in [0.15, 0.2) is 6.10 Å². The zero-order valence-electron chi connectivity index (χ0n) is 21.6. The van der Waals surface area contributed by atoms with Crippen LogP contribution in [0, 0.1) is 12.8 Å². The zero-order valence-corrected chi connectivity index (χ0v) is 21.6. The van der Waals surface area contributed by atoms with Crippen molar-refractivity contribution in [3.05, 3.63) is 82.3 Å². The van der Waals surface area contributed by atoms with Gasteiger partial charge in [-0.2, -0.15) is 0 Å². The van der Waals surface area contributed by atoms with E-state index in [2.05, 4.69) is 10.6 Å². The molecule has 2 N–H and O–H groups in total. The fourth-order valence-corrected chi connectivity index (χ4v) is 3.63. The van der Waals surface area contributed by atoms with Crippen molar-refractivity contribution < 1.29 is 23.9 Å². The number of carbonyl (C=O) groups excluding carboxylic acids is 3. The van der Waals surface area contributed by atoms with Crippen LogP contribution in [0.1, 0.15) is 32.0 Å². The van der Waals surface area contributed by atoms with Gasteiger partial charge in [-0.05, 0) is 37.5 Å². The van der Waals surface area contributed by atoms with Gasteiger partial charge in [0, 0.05) is 7.05 Å². The zero-order chi connectivity index (χ0) is 27.1. The van der Waals surface area contributed by atoms with Crippen molar-refractivity contribution in [1.82, 2.24) is 14.7 Å². The molecule has 2 amide bonds. The fourth-order valence-electron chi connectivity index (χ4n) is 3.63. The number of alkyl carbamates (subject to hydrolysis) is 1. The number of nitrogens with one attached hydrogen (secondary N) is 2. The van der Waals surface area contributed by atoms with E-state index in [1.54, 1.807) is 56.8 Å². The van der Waals surface area contributed by atoms with Crippen LogP contribution in [0.5, 0.6) is 0 Å². The van der Waals surface area contributed by atoms with E-state index in [4.69, 9.17) is 9.47 Å². The highest BCUT2D eigenvalue weighted by Crippen LogP contribution is 2.15. The van der Waals surface area contributed by atoms with E-state index < -0.39 is 35.7 Å². The summed E-state index contributed by atoms with van der Waals surface area (Å²) in [7, 11) is 1.71. The second-order valence-electron chi connectivity index (χ2n) is 8.93. The number of hydrogen-bond donors (Lipinski definition) is 2. The Morgan fingerprint density at radius 2 is 1.54 bits per heavy atom. The first-order valence-electron chi connectivity index (χ1n) is 11.9. The van der Waals surface area contributed by atoms with Crippen LogP contribution in [0.3, 0.4) is 0 Å².